The first-order chi connectivity index (χ1) is 18.4. The number of H-pyrrole nitrogens is 1. The number of carbonyl (C=O) groups is 3. The lowest BCUT2D eigenvalue weighted by molar-refractivity contribution is -0.137. The van der Waals surface area contributed by atoms with E-state index in [9.17, 15) is 19.2 Å². The third-order valence-electron chi connectivity index (χ3n) is 7.09. The van der Waals surface area contributed by atoms with E-state index in [0.717, 1.165) is 16.9 Å². The molecule has 0 spiro atoms. The topological polar surface area (TPSA) is 109 Å². The molecule has 11 heteroatoms. The van der Waals surface area contributed by atoms with Gasteiger partial charge in [0.1, 0.15) is 11.0 Å². The molecule has 2 aromatic carbocycles. The number of benzene rings is 2. The van der Waals surface area contributed by atoms with Gasteiger partial charge in [0.15, 0.2) is 6.61 Å². The van der Waals surface area contributed by atoms with E-state index in [4.69, 9.17) is 9.47 Å². The number of ether oxygens (including phenoxy) is 2. The summed E-state index contributed by atoms with van der Waals surface area (Å²) in [6, 6.07) is 14.5. The standard InChI is InChI=1S/C27H25N3O6S2/c1-15-6-8-16(9-7-15)30-25(32)21-20(22-24(28-27(34)38-22)37-23(21)26(30)33)17-4-2-3-5-18(17)36-14-19(31)29-10-12-35-13-11-29/h2-9,20-21,23H,10-14H2,1H3,(H,28,34)/t20-,21?,23?/m1/s1. The molecule has 3 aliphatic heterocycles. The molecule has 38 heavy (non-hydrogen) atoms. The number of thioether (sulfide) groups is 1. The highest BCUT2D eigenvalue weighted by atomic mass is 32.2. The molecule has 0 saturated carbocycles. The highest BCUT2D eigenvalue weighted by Crippen LogP contribution is 2.54. The van der Waals surface area contributed by atoms with E-state index in [1.807, 2.05) is 31.2 Å². The van der Waals surface area contributed by atoms with Crippen molar-refractivity contribution in [3.05, 3.63) is 74.2 Å². The Bertz CT molecular complexity index is 1460. The van der Waals surface area contributed by atoms with Gasteiger partial charge in [0, 0.05) is 29.4 Å². The maximum atomic E-state index is 13.9. The summed E-state index contributed by atoms with van der Waals surface area (Å²) in [5, 5.41) is -0.105. The Balaban J connectivity index is 1.36. The van der Waals surface area contributed by atoms with Crippen LogP contribution in [0.15, 0.2) is 58.4 Å². The minimum absolute atomic E-state index is 0.148. The second-order valence-corrected chi connectivity index (χ2v) is 11.6. The molecule has 0 bridgehead atoms. The van der Waals surface area contributed by atoms with Crippen LogP contribution in [0.25, 0.3) is 0 Å². The minimum Gasteiger partial charge on any atom is -0.483 e. The quantitative estimate of drug-likeness (QED) is 0.486. The number of nitrogens with one attached hydrogen (secondary N) is 1. The van der Waals surface area contributed by atoms with Crippen molar-refractivity contribution in [2.24, 2.45) is 5.92 Å². The number of rotatable bonds is 5. The van der Waals surface area contributed by atoms with E-state index in [2.05, 4.69) is 4.98 Å². The Kier molecular flexibility index (Phi) is 6.58. The number of imide groups is 1. The number of hydrogen-bond acceptors (Lipinski definition) is 8. The van der Waals surface area contributed by atoms with Crippen molar-refractivity contribution in [1.29, 1.82) is 0 Å². The van der Waals surface area contributed by atoms with Crippen molar-refractivity contribution in [2.45, 2.75) is 23.1 Å². The Morgan fingerprint density at radius 3 is 2.55 bits per heavy atom. The minimum atomic E-state index is -0.729. The van der Waals surface area contributed by atoms with Gasteiger partial charge in [-0.05, 0) is 25.1 Å². The van der Waals surface area contributed by atoms with E-state index in [-0.39, 0.29) is 29.2 Å². The van der Waals surface area contributed by atoms with Gasteiger partial charge in [0.2, 0.25) is 11.8 Å². The van der Waals surface area contributed by atoms with Gasteiger partial charge in [0.05, 0.1) is 29.8 Å². The summed E-state index contributed by atoms with van der Waals surface area (Å²) < 4.78 is 11.4. The second kappa shape index (κ2) is 10.0. The molecule has 2 fully saturated rings. The third kappa shape index (κ3) is 4.34. The van der Waals surface area contributed by atoms with Crippen molar-refractivity contribution < 1.29 is 23.9 Å². The largest absolute Gasteiger partial charge is 0.483 e. The lowest BCUT2D eigenvalue weighted by Gasteiger charge is -2.31. The number of carbonyl (C=O) groups excluding carboxylic acids is 3. The van der Waals surface area contributed by atoms with Gasteiger partial charge >= 0.3 is 4.87 Å². The molecule has 1 N–H and O–H groups in total. The number of fused-ring (bicyclic) bond motifs is 2. The van der Waals surface area contributed by atoms with Crippen LogP contribution in [-0.4, -0.2) is 65.8 Å². The monoisotopic (exact) mass is 551 g/mol. The first-order valence-corrected chi connectivity index (χ1v) is 14.0. The first kappa shape index (κ1) is 24.9. The van der Waals surface area contributed by atoms with Crippen molar-refractivity contribution in [2.75, 3.05) is 37.8 Å². The number of nitrogens with zero attached hydrogens (tertiary/aromatic N) is 2. The van der Waals surface area contributed by atoms with Crippen LogP contribution in [0.3, 0.4) is 0 Å². The lowest BCUT2D eigenvalue weighted by atomic mass is 9.82. The van der Waals surface area contributed by atoms with Crippen molar-refractivity contribution in [3.63, 3.8) is 0 Å². The molecule has 2 unspecified atom stereocenters. The Morgan fingerprint density at radius 2 is 1.79 bits per heavy atom. The summed E-state index contributed by atoms with van der Waals surface area (Å²) in [5.74, 6) is -1.63. The van der Waals surface area contributed by atoms with Crippen LogP contribution in [0, 0.1) is 12.8 Å². The Labute approximate surface area is 226 Å². The van der Waals surface area contributed by atoms with Crippen LogP contribution in [-0.2, 0) is 19.1 Å². The van der Waals surface area contributed by atoms with Crippen molar-refractivity contribution in [3.8, 4) is 5.75 Å². The fourth-order valence-corrected chi connectivity index (χ4v) is 7.72. The fourth-order valence-electron chi connectivity index (χ4n) is 5.21. The molecular formula is C27H25N3O6S2. The molecule has 4 heterocycles. The maximum absolute atomic E-state index is 13.9. The number of thiazole rings is 1. The zero-order valence-corrected chi connectivity index (χ0v) is 22.2. The number of anilines is 1. The Hall–Kier alpha value is -3.41. The van der Waals surface area contributed by atoms with E-state index >= 15 is 0 Å². The Morgan fingerprint density at radius 1 is 1.05 bits per heavy atom. The first-order valence-electron chi connectivity index (χ1n) is 12.3. The zero-order chi connectivity index (χ0) is 26.4. The van der Waals surface area contributed by atoms with Gasteiger partial charge in [-0.3, -0.25) is 19.2 Å². The number of aromatic amines is 1. The summed E-state index contributed by atoms with van der Waals surface area (Å²) >= 11 is 2.27. The van der Waals surface area contributed by atoms with E-state index in [0.29, 0.717) is 53.2 Å². The van der Waals surface area contributed by atoms with Gasteiger partial charge in [-0.25, -0.2) is 4.90 Å². The molecule has 0 aliphatic carbocycles. The summed E-state index contributed by atoms with van der Waals surface area (Å²) in [7, 11) is 0. The average Bonchev–Trinajstić information content (AvgIpc) is 3.43. The number of para-hydroxylation sites is 1. The number of amides is 3. The van der Waals surface area contributed by atoms with Gasteiger partial charge in [-0.1, -0.05) is 59.0 Å². The summed E-state index contributed by atoms with van der Waals surface area (Å²) in [6.45, 7) is 3.80. The highest BCUT2D eigenvalue weighted by Gasteiger charge is 2.56. The fraction of sp³-hybridized carbons (Fsp3) is 0.333. The number of morpholine rings is 1. The van der Waals surface area contributed by atoms with E-state index in [1.54, 1.807) is 29.2 Å². The van der Waals surface area contributed by atoms with Gasteiger partial charge in [-0.15, -0.1) is 0 Å². The van der Waals surface area contributed by atoms with Crippen molar-refractivity contribution >= 4 is 46.5 Å². The van der Waals surface area contributed by atoms with E-state index < -0.39 is 17.1 Å². The van der Waals surface area contributed by atoms with Crippen LogP contribution < -0.4 is 14.5 Å². The molecule has 3 atom stereocenters. The van der Waals surface area contributed by atoms with Crippen LogP contribution >= 0.6 is 23.1 Å². The molecule has 6 rings (SSSR count). The molecular weight excluding hydrogens is 526 g/mol. The van der Waals surface area contributed by atoms with Crippen LogP contribution in [0.1, 0.15) is 21.9 Å². The normalized spacial score (nSPS) is 22.8. The number of aryl methyl sites for hydroxylation is 1. The predicted molar refractivity (Wildman–Crippen MR) is 143 cm³/mol. The SMILES string of the molecule is Cc1ccc(N2C(=O)C3Sc4[nH]c(=O)sc4[C@H](c4ccccc4OCC(=O)N4CCOCC4)C3C2=O)cc1. The van der Waals surface area contributed by atoms with Crippen LogP contribution in [0.2, 0.25) is 0 Å². The van der Waals surface area contributed by atoms with Gasteiger partial charge in [0.25, 0.3) is 5.91 Å². The third-order valence-corrected chi connectivity index (χ3v) is 9.49. The molecule has 2 saturated heterocycles. The predicted octanol–water partition coefficient (Wildman–Crippen LogP) is 2.78. The second-order valence-electron chi connectivity index (χ2n) is 9.42. The maximum Gasteiger partial charge on any atom is 0.305 e. The zero-order valence-electron chi connectivity index (χ0n) is 20.5. The molecule has 3 aromatic rings. The molecule has 9 nitrogen and oxygen atoms in total. The van der Waals surface area contributed by atoms with Gasteiger partial charge in [-0.2, -0.15) is 0 Å². The smallest absolute Gasteiger partial charge is 0.305 e. The summed E-state index contributed by atoms with van der Waals surface area (Å²) in [6.07, 6.45) is 0. The molecule has 196 valence electrons. The summed E-state index contributed by atoms with van der Waals surface area (Å²) in [5.41, 5.74) is 2.22. The average molecular weight is 552 g/mol. The number of hydrogen-bond donors (Lipinski definition) is 1. The highest BCUT2D eigenvalue weighted by molar-refractivity contribution is 8.00. The molecule has 1 aromatic heterocycles. The molecule has 3 aliphatic rings. The molecule has 3 amide bonds. The number of aromatic nitrogens is 1. The van der Waals surface area contributed by atoms with Crippen LogP contribution in [0.4, 0.5) is 5.69 Å². The lowest BCUT2D eigenvalue weighted by Crippen LogP contribution is -2.43. The van der Waals surface area contributed by atoms with E-state index in [1.165, 1.54) is 16.7 Å². The molecule has 0 radical (unpaired) electrons. The van der Waals surface area contributed by atoms with Crippen molar-refractivity contribution in [1.82, 2.24) is 9.88 Å². The van der Waals surface area contributed by atoms with Crippen LogP contribution in [0.5, 0.6) is 5.75 Å². The van der Waals surface area contributed by atoms with Gasteiger partial charge < -0.3 is 19.4 Å². The summed E-state index contributed by atoms with van der Waals surface area (Å²) in [4.78, 5) is 58.9.